The van der Waals surface area contributed by atoms with Crippen LogP contribution < -0.4 is 11.2 Å². The zero-order chi connectivity index (χ0) is 14.8. The summed E-state index contributed by atoms with van der Waals surface area (Å²) in [5.41, 5.74) is 0.894. The monoisotopic (exact) mass is 319 g/mol. The molecule has 1 aromatic carbocycles. The average molecular weight is 320 g/mol. The van der Waals surface area contributed by atoms with E-state index in [2.05, 4.69) is 9.97 Å². The lowest BCUT2D eigenvalue weighted by Crippen LogP contribution is -2.28. The zero-order valence-corrected chi connectivity index (χ0v) is 12.3. The topological polar surface area (TPSA) is 67.8 Å². The van der Waals surface area contributed by atoms with Gasteiger partial charge in [0, 0.05) is 28.2 Å². The number of benzene rings is 1. The van der Waals surface area contributed by atoms with E-state index in [9.17, 15) is 9.59 Å². The molecule has 0 aliphatic rings. The Bertz CT molecular complexity index is 897. The number of aromatic amines is 1. The molecule has 0 saturated heterocycles. The highest BCUT2D eigenvalue weighted by molar-refractivity contribution is 7.09. The van der Waals surface area contributed by atoms with E-state index in [0.717, 1.165) is 16.3 Å². The van der Waals surface area contributed by atoms with Gasteiger partial charge in [-0.15, -0.1) is 11.3 Å². The summed E-state index contributed by atoms with van der Waals surface area (Å²) in [5.74, 6) is 0. The first-order valence-corrected chi connectivity index (χ1v) is 7.38. The Labute approximate surface area is 128 Å². The SMILES string of the molecule is O=c1ccn(Cc2nc(-c3cccc(Cl)c3)cs2)c(=O)[nH]1. The lowest BCUT2D eigenvalue weighted by Gasteiger charge is -2.01. The molecule has 0 fully saturated rings. The summed E-state index contributed by atoms with van der Waals surface area (Å²) in [6.07, 6.45) is 1.46. The summed E-state index contributed by atoms with van der Waals surface area (Å²) < 4.78 is 1.40. The van der Waals surface area contributed by atoms with Crippen LogP contribution in [0.1, 0.15) is 5.01 Å². The summed E-state index contributed by atoms with van der Waals surface area (Å²) in [7, 11) is 0. The van der Waals surface area contributed by atoms with Gasteiger partial charge in [-0.05, 0) is 12.1 Å². The molecule has 0 unspecified atom stereocenters. The molecule has 0 saturated carbocycles. The number of thiazole rings is 1. The molecular weight excluding hydrogens is 310 g/mol. The van der Waals surface area contributed by atoms with Crippen molar-refractivity contribution in [3.63, 3.8) is 0 Å². The lowest BCUT2D eigenvalue weighted by molar-refractivity contribution is 0.717. The number of rotatable bonds is 3. The first kappa shape index (κ1) is 13.8. The number of aromatic nitrogens is 3. The molecule has 0 bridgehead atoms. The molecule has 3 rings (SSSR count). The molecule has 2 heterocycles. The molecule has 0 atom stereocenters. The molecule has 1 N–H and O–H groups in total. The maximum Gasteiger partial charge on any atom is 0.328 e. The Morgan fingerprint density at radius 1 is 1.29 bits per heavy atom. The molecular formula is C14H10ClN3O2S. The van der Waals surface area contributed by atoms with Crippen LogP contribution >= 0.6 is 22.9 Å². The van der Waals surface area contributed by atoms with E-state index in [-0.39, 0.29) is 0 Å². The van der Waals surface area contributed by atoms with E-state index in [1.54, 1.807) is 6.07 Å². The molecule has 2 aromatic heterocycles. The van der Waals surface area contributed by atoms with Crippen LogP contribution in [0.25, 0.3) is 11.3 Å². The van der Waals surface area contributed by atoms with Gasteiger partial charge in [-0.2, -0.15) is 0 Å². The van der Waals surface area contributed by atoms with E-state index in [1.807, 2.05) is 23.6 Å². The van der Waals surface area contributed by atoms with Crippen molar-refractivity contribution in [2.45, 2.75) is 6.54 Å². The summed E-state index contributed by atoms with van der Waals surface area (Å²) in [5, 5.41) is 3.34. The van der Waals surface area contributed by atoms with Crippen molar-refractivity contribution in [2.24, 2.45) is 0 Å². The third-order valence-electron chi connectivity index (χ3n) is 2.87. The summed E-state index contributed by atoms with van der Waals surface area (Å²) in [4.78, 5) is 29.4. The Hall–Kier alpha value is -2.18. The van der Waals surface area contributed by atoms with Crippen LogP contribution in [0, 0.1) is 0 Å². The van der Waals surface area contributed by atoms with E-state index in [1.165, 1.54) is 28.2 Å². The van der Waals surface area contributed by atoms with Crippen LogP contribution in [0.4, 0.5) is 0 Å². The zero-order valence-electron chi connectivity index (χ0n) is 10.7. The van der Waals surface area contributed by atoms with Gasteiger partial charge in [0.2, 0.25) is 0 Å². The van der Waals surface area contributed by atoms with E-state index >= 15 is 0 Å². The van der Waals surface area contributed by atoms with Gasteiger partial charge in [0.1, 0.15) is 5.01 Å². The summed E-state index contributed by atoms with van der Waals surface area (Å²) in [6.45, 7) is 0.320. The Kier molecular flexibility index (Phi) is 3.72. The number of nitrogens with zero attached hydrogens (tertiary/aromatic N) is 2. The second-order valence-electron chi connectivity index (χ2n) is 4.37. The number of halogens is 1. The Morgan fingerprint density at radius 2 is 2.14 bits per heavy atom. The van der Waals surface area contributed by atoms with Crippen LogP contribution in [0.2, 0.25) is 5.02 Å². The molecule has 106 valence electrons. The second kappa shape index (κ2) is 5.67. The largest absolute Gasteiger partial charge is 0.328 e. The highest BCUT2D eigenvalue weighted by Gasteiger charge is 2.06. The van der Waals surface area contributed by atoms with Crippen LogP contribution in [0.5, 0.6) is 0 Å². The normalized spacial score (nSPS) is 10.7. The quantitative estimate of drug-likeness (QED) is 0.806. The molecule has 3 aromatic rings. The minimum atomic E-state index is -0.443. The number of hydrogen-bond acceptors (Lipinski definition) is 4. The highest BCUT2D eigenvalue weighted by Crippen LogP contribution is 2.24. The van der Waals surface area contributed by atoms with Gasteiger partial charge in [0.25, 0.3) is 5.56 Å². The van der Waals surface area contributed by atoms with Gasteiger partial charge in [-0.25, -0.2) is 9.78 Å². The van der Waals surface area contributed by atoms with Crippen LogP contribution in [-0.4, -0.2) is 14.5 Å². The third-order valence-corrected chi connectivity index (χ3v) is 3.94. The Balaban J connectivity index is 1.88. The fraction of sp³-hybridized carbons (Fsp3) is 0.0714. The molecule has 0 amide bonds. The lowest BCUT2D eigenvalue weighted by atomic mass is 10.2. The fourth-order valence-electron chi connectivity index (χ4n) is 1.88. The summed E-state index contributed by atoms with van der Waals surface area (Å²) in [6, 6.07) is 8.75. The molecule has 0 radical (unpaired) electrons. The molecule has 0 aliphatic carbocycles. The van der Waals surface area contributed by atoms with Crippen molar-refractivity contribution in [1.29, 1.82) is 0 Å². The van der Waals surface area contributed by atoms with Gasteiger partial charge in [-0.1, -0.05) is 23.7 Å². The van der Waals surface area contributed by atoms with Crippen molar-refractivity contribution >= 4 is 22.9 Å². The molecule has 7 heteroatoms. The summed E-state index contributed by atoms with van der Waals surface area (Å²) >= 11 is 7.42. The molecule has 21 heavy (non-hydrogen) atoms. The van der Waals surface area contributed by atoms with Gasteiger partial charge in [0.15, 0.2) is 0 Å². The first-order valence-electron chi connectivity index (χ1n) is 6.12. The molecule has 0 aliphatic heterocycles. The maximum absolute atomic E-state index is 11.6. The van der Waals surface area contributed by atoms with Crippen molar-refractivity contribution < 1.29 is 0 Å². The van der Waals surface area contributed by atoms with Crippen molar-refractivity contribution in [1.82, 2.24) is 14.5 Å². The van der Waals surface area contributed by atoms with Gasteiger partial charge >= 0.3 is 5.69 Å². The van der Waals surface area contributed by atoms with E-state index < -0.39 is 11.2 Å². The van der Waals surface area contributed by atoms with Crippen molar-refractivity contribution in [3.8, 4) is 11.3 Å². The smallest absolute Gasteiger partial charge is 0.294 e. The highest BCUT2D eigenvalue weighted by atomic mass is 35.5. The molecule has 5 nitrogen and oxygen atoms in total. The van der Waals surface area contributed by atoms with Crippen LogP contribution in [0.15, 0.2) is 51.5 Å². The second-order valence-corrected chi connectivity index (χ2v) is 5.75. The van der Waals surface area contributed by atoms with Crippen molar-refractivity contribution in [2.75, 3.05) is 0 Å². The standard InChI is InChI=1S/C14H10ClN3O2S/c15-10-3-1-2-9(6-10)11-8-21-13(16-11)7-18-5-4-12(19)17-14(18)20/h1-6,8H,7H2,(H,17,19,20). The maximum atomic E-state index is 11.6. The molecule has 0 spiro atoms. The minimum absolute atomic E-state index is 0.320. The Morgan fingerprint density at radius 3 is 2.90 bits per heavy atom. The van der Waals surface area contributed by atoms with Gasteiger partial charge in [0.05, 0.1) is 12.2 Å². The average Bonchev–Trinajstić information content (AvgIpc) is 2.91. The first-order chi connectivity index (χ1) is 10.1. The number of hydrogen-bond donors (Lipinski definition) is 1. The van der Waals surface area contributed by atoms with Gasteiger partial charge < -0.3 is 0 Å². The van der Waals surface area contributed by atoms with E-state index in [0.29, 0.717) is 11.6 Å². The van der Waals surface area contributed by atoms with Gasteiger partial charge in [-0.3, -0.25) is 14.3 Å². The predicted molar refractivity (Wildman–Crippen MR) is 83.0 cm³/mol. The number of H-pyrrole nitrogens is 1. The van der Waals surface area contributed by atoms with Crippen LogP contribution in [-0.2, 0) is 6.54 Å². The van der Waals surface area contributed by atoms with Crippen molar-refractivity contribution in [3.05, 3.63) is 72.8 Å². The van der Waals surface area contributed by atoms with E-state index in [4.69, 9.17) is 11.6 Å². The predicted octanol–water partition coefficient (Wildman–Crippen LogP) is 2.36. The van der Waals surface area contributed by atoms with Crippen LogP contribution in [0.3, 0.4) is 0 Å². The number of nitrogens with one attached hydrogen (secondary N) is 1. The minimum Gasteiger partial charge on any atom is -0.294 e. The fourth-order valence-corrected chi connectivity index (χ4v) is 2.87. The third kappa shape index (κ3) is 3.12.